The molecule has 0 bridgehead atoms. The van der Waals surface area contributed by atoms with Crippen molar-refractivity contribution < 1.29 is 12.9 Å². The fraction of sp³-hybridized carbons (Fsp3) is 0.786. The summed E-state index contributed by atoms with van der Waals surface area (Å²) < 4.78 is 32.1. The minimum atomic E-state index is -3.47. The zero-order valence-corrected chi connectivity index (χ0v) is 13.4. The second-order valence-corrected chi connectivity index (χ2v) is 7.97. The summed E-state index contributed by atoms with van der Waals surface area (Å²) in [7, 11) is -3.47. The second-order valence-electron chi connectivity index (χ2n) is 6.10. The molecular formula is C14H23N3O3S. The molecule has 0 spiro atoms. The van der Waals surface area contributed by atoms with Gasteiger partial charge in [-0.15, -0.1) is 0 Å². The smallest absolute Gasteiger partial charge is 0.248 e. The molecule has 3 heterocycles. The van der Waals surface area contributed by atoms with Crippen molar-refractivity contribution in [3.63, 3.8) is 0 Å². The predicted molar refractivity (Wildman–Crippen MR) is 78.5 cm³/mol. The van der Waals surface area contributed by atoms with Gasteiger partial charge in [-0.25, -0.2) is 8.42 Å². The van der Waals surface area contributed by atoms with Crippen LogP contribution in [0.15, 0.2) is 9.42 Å². The van der Waals surface area contributed by atoms with Crippen LogP contribution >= 0.6 is 0 Å². The molecule has 21 heavy (non-hydrogen) atoms. The molecule has 2 fully saturated rings. The molecule has 0 aromatic carbocycles. The fourth-order valence-corrected chi connectivity index (χ4v) is 5.37. The number of piperidine rings is 1. The van der Waals surface area contributed by atoms with E-state index in [1.54, 1.807) is 18.2 Å². The van der Waals surface area contributed by atoms with Crippen molar-refractivity contribution in [2.75, 3.05) is 19.6 Å². The van der Waals surface area contributed by atoms with Gasteiger partial charge in [0.05, 0.1) is 0 Å². The minimum absolute atomic E-state index is 0.250. The van der Waals surface area contributed by atoms with Crippen LogP contribution in [0.4, 0.5) is 0 Å². The summed E-state index contributed by atoms with van der Waals surface area (Å²) in [5.74, 6) is 0.982. The SMILES string of the molecule is Cc1noc(C)c1S(=O)(=O)N1CCC(C2CCCN2)CC1. The van der Waals surface area contributed by atoms with Gasteiger partial charge in [-0.1, -0.05) is 5.16 Å². The van der Waals surface area contributed by atoms with Crippen LogP contribution in [0.25, 0.3) is 0 Å². The Labute approximate surface area is 125 Å². The molecule has 0 radical (unpaired) electrons. The van der Waals surface area contributed by atoms with Gasteiger partial charge in [0.1, 0.15) is 10.6 Å². The lowest BCUT2D eigenvalue weighted by Gasteiger charge is -2.34. The van der Waals surface area contributed by atoms with Gasteiger partial charge in [-0.3, -0.25) is 0 Å². The normalized spacial score (nSPS) is 25.5. The summed E-state index contributed by atoms with van der Waals surface area (Å²) in [5, 5.41) is 7.30. The van der Waals surface area contributed by atoms with Gasteiger partial charge in [-0.05, 0) is 52.0 Å². The first-order valence-corrected chi connectivity index (χ1v) is 9.10. The molecule has 1 unspecified atom stereocenters. The van der Waals surface area contributed by atoms with E-state index in [4.69, 9.17) is 4.52 Å². The van der Waals surface area contributed by atoms with Crippen LogP contribution in [0.3, 0.4) is 0 Å². The van der Waals surface area contributed by atoms with Gasteiger partial charge < -0.3 is 9.84 Å². The molecule has 2 aliphatic rings. The average molecular weight is 313 g/mol. The summed E-state index contributed by atoms with van der Waals surface area (Å²) in [6.45, 7) is 5.62. The van der Waals surface area contributed by atoms with Gasteiger partial charge in [0.2, 0.25) is 10.0 Å². The molecule has 3 rings (SSSR count). The highest BCUT2D eigenvalue weighted by atomic mass is 32.2. The van der Waals surface area contributed by atoms with Crippen molar-refractivity contribution in [2.45, 2.75) is 50.5 Å². The van der Waals surface area contributed by atoms with Crippen molar-refractivity contribution in [2.24, 2.45) is 5.92 Å². The maximum atomic E-state index is 12.7. The maximum absolute atomic E-state index is 12.7. The Morgan fingerprint density at radius 2 is 1.95 bits per heavy atom. The Kier molecular flexibility index (Phi) is 4.07. The Morgan fingerprint density at radius 3 is 2.48 bits per heavy atom. The number of hydrogen-bond acceptors (Lipinski definition) is 5. The first kappa shape index (κ1) is 15.0. The van der Waals surface area contributed by atoms with E-state index in [-0.39, 0.29) is 4.90 Å². The Balaban J connectivity index is 1.71. The van der Waals surface area contributed by atoms with E-state index in [2.05, 4.69) is 10.5 Å². The standard InChI is InChI=1S/C14H23N3O3S/c1-10-14(11(2)20-16-10)21(18,19)17-8-5-12(6-9-17)13-4-3-7-15-13/h12-13,15H,3-9H2,1-2H3. The Bertz CT molecular complexity index is 577. The van der Waals surface area contributed by atoms with E-state index in [1.165, 1.54) is 12.8 Å². The van der Waals surface area contributed by atoms with Crippen molar-refractivity contribution in [3.8, 4) is 0 Å². The maximum Gasteiger partial charge on any atom is 0.248 e. The molecule has 1 aromatic rings. The van der Waals surface area contributed by atoms with Gasteiger partial charge in [0.25, 0.3) is 0 Å². The van der Waals surface area contributed by atoms with E-state index < -0.39 is 10.0 Å². The van der Waals surface area contributed by atoms with E-state index in [9.17, 15) is 8.42 Å². The van der Waals surface area contributed by atoms with Crippen LogP contribution in [0.5, 0.6) is 0 Å². The summed E-state index contributed by atoms with van der Waals surface area (Å²) in [4.78, 5) is 0.250. The third-order valence-corrected chi connectivity index (χ3v) is 6.88. The van der Waals surface area contributed by atoms with E-state index in [0.29, 0.717) is 36.5 Å². The molecule has 0 aliphatic carbocycles. The van der Waals surface area contributed by atoms with E-state index >= 15 is 0 Å². The summed E-state index contributed by atoms with van der Waals surface area (Å²) in [6, 6.07) is 0.578. The molecule has 2 saturated heterocycles. The van der Waals surface area contributed by atoms with Crippen LogP contribution in [-0.4, -0.2) is 43.6 Å². The highest BCUT2D eigenvalue weighted by molar-refractivity contribution is 7.89. The van der Waals surface area contributed by atoms with Crippen LogP contribution < -0.4 is 5.32 Å². The van der Waals surface area contributed by atoms with E-state index in [1.807, 2.05) is 0 Å². The third kappa shape index (κ3) is 2.74. The molecule has 1 aromatic heterocycles. The van der Waals surface area contributed by atoms with Crippen LogP contribution in [0.1, 0.15) is 37.1 Å². The quantitative estimate of drug-likeness (QED) is 0.914. The highest BCUT2D eigenvalue weighted by Gasteiger charge is 2.36. The lowest BCUT2D eigenvalue weighted by molar-refractivity contribution is 0.234. The van der Waals surface area contributed by atoms with Crippen LogP contribution in [-0.2, 0) is 10.0 Å². The topological polar surface area (TPSA) is 75.4 Å². The molecule has 1 N–H and O–H groups in total. The monoisotopic (exact) mass is 313 g/mol. The molecule has 1 atom stereocenters. The minimum Gasteiger partial charge on any atom is -0.360 e. The predicted octanol–water partition coefficient (Wildman–Crippen LogP) is 1.44. The van der Waals surface area contributed by atoms with E-state index in [0.717, 1.165) is 19.4 Å². The average Bonchev–Trinajstić information content (AvgIpc) is 3.09. The molecular weight excluding hydrogens is 290 g/mol. The summed E-state index contributed by atoms with van der Waals surface area (Å²) >= 11 is 0. The zero-order valence-electron chi connectivity index (χ0n) is 12.6. The molecule has 7 heteroatoms. The first-order chi connectivity index (χ1) is 10.00. The van der Waals surface area contributed by atoms with Crippen LogP contribution in [0.2, 0.25) is 0 Å². The largest absolute Gasteiger partial charge is 0.360 e. The number of nitrogens with zero attached hydrogens (tertiary/aromatic N) is 2. The lowest BCUT2D eigenvalue weighted by atomic mass is 9.89. The zero-order chi connectivity index (χ0) is 15.0. The van der Waals surface area contributed by atoms with Gasteiger partial charge in [-0.2, -0.15) is 4.31 Å². The van der Waals surface area contributed by atoms with Crippen LogP contribution in [0, 0.1) is 19.8 Å². The fourth-order valence-electron chi connectivity index (χ4n) is 3.60. The van der Waals surface area contributed by atoms with Crippen molar-refractivity contribution in [1.82, 2.24) is 14.8 Å². The van der Waals surface area contributed by atoms with Gasteiger partial charge in [0, 0.05) is 19.1 Å². The van der Waals surface area contributed by atoms with Gasteiger partial charge in [0.15, 0.2) is 5.76 Å². The number of nitrogens with one attached hydrogen (secondary N) is 1. The van der Waals surface area contributed by atoms with Crippen molar-refractivity contribution in [1.29, 1.82) is 0 Å². The molecule has 0 amide bonds. The van der Waals surface area contributed by atoms with Gasteiger partial charge >= 0.3 is 0 Å². The van der Waals surface area contributed by atoms with Crippen molar-refractivity contribution in [3.05, 3.63) is 11.5 Å². The highest BCUT2D eigenvalue weighted by Crippen LogP contribution is 2.30. The molecule has 2 aliphatic heterocycles. The number of aromatic nitrogens is 1. The summed E-state index contributed by atoms with van der Waals surface area (Å²) in [5.41, 5.74) is 0.451. The van der Waals surface area contributed by atoms with Crippen molar-refractivity contribution >= 4 is 10.0 Å². The first-order valence-electron chi connectivity index (χ1n) is 7.66. The third-order valence-electron chi connectivity index (χ3n) is 4.73. The second kappa shape index (κ2) is 5.70. The summed E-state index contributed by atoms with van der Waals surface area (Å²) in [6.07, 6.45) is 4.32. The number of hydrogen-bond donors (Lipinski definition) is 1. The Morgan fingerprint density at radius 1 is 1.24 bits per heavy atom. The number of aryl methyl sites for hydroxylation is 2. The molecule has 118 valence electrons. The lowest BCUT2D eigenvalue weighted by Crippen LogP contribution is -2.43. The molecule has 6 nitrogen and oxygen atoms in total. The Hall–Kier alpha value is -0.920. The number of sulfonamides is 1. The number of rotatable bonds is 3. The molecule has 0 saturated carbocycles.